The Bertz CT molecular complexity index is 600. The fourth-order valence-corrected chi connectivity index (χ4v) is 3.73. The van der Waals surface area contributed by atoms with Gasteiger partial charge in [0, 0.05) is 25.0 Å². The Morgan fingerprint density at radius 2 is 1.74 bits per heavy atom. The quantitative estimate of drug-likeness (QED) is 0.865. The molecule has 0 radical (unpaired) electrons. The van der Waals surface area contributed by atoms with Crippen LogP contribution in [0.4, 0.5) is 5.69 Å². The lowest BCUT2D eigenvalue weighted by molar-refractivity contribution is 0.117. The van der Waals surface area contributed by atoms with Crippen molar-refractivity contribution >= 4 is 15.5 Å². The van der Waals surface area contributed by atoms with E-state index in [9.17, 15) is 8.42 Å². The number of anilines is 1. The predicted octanol–water partition coefficient (Wildman–Crippen LogP) is 3.26. The van der Waals surface area contributed by atoms with Crippen LogP contribution in [0.25, 0.3) is 0 Å². The van der Waals surface area contributed by atoms with Gasteiger partial charge in [-0.2, -0.15) is 0 Å². The van der Waals surface area contributed by atoms with Crippen LogP contribution in [0.1, 0.15) is 33.6 Å². The van der Waals surface area contributed by atoms with Gasteiger partial charge in [0.2, 0.25) is 0 Å². The molecule has 1 fully saturated rings. The van der Waals surface area contributed by atoms with Crippen molar-refractivity contribution in [3.05, 3.63) is 24.3 Å². The molecule has 1 aliphatic rings. The van der Waals surface area contributed by atoms with E-state index in [1.807, 2.05) is 12.1 Å². The van der Waals surface area contributed by atoms with Gasteiger partial charge in [0.1, 0.15) is 0 Å². The predicted molar refractivity (Wildman–Crippen MR) is 96.7 cm³/mol. The lowest BCUT2D eigenvalue weighted by Gasteiger charge is -2.40. The second kappa shape index (κ2) is 7.22. The second-order valence-corrected chi connectivity index (χ2v) is 9.67. The maximum atomic E-state index is 11.5. The van der Waals surface area contributed by atoms with Gasteiger partial charge in [0.25, 0.3) is 0 Å². The van der Waals surface area contributed by atoms with Gasteiger partial charge in [-0.25, -0.2) is 8.42 Å². The molecule has 2 rings (SSSR count). The molecule has 1 aromatic carbocycles. The normalized spacial score (nSPS) is 19.0. The molecule has 1 aromatic rings. The summed E-state index contributed by atoms with van der Waals surface area (Å²) in [5.41, 5.74) is 1.30. The van der Waals surface area contributed by atoms with Gasteiger partial charge in [0.15, 0.2) is 9.84 Å². The number of rotatable bonds is 6. The molecule has 130 valence electrons. The topological polar surface area (TPSA) is 49.4 Å². The minimum atomic E-state index is -3.12. The van der Waals surface area contributed by atoms with E-state index in [0.29, 0.717) is 10.3 Å². The molecule has 0 amide bonds. The zero-order chi connectivity index (χ0) is 17.1. The number of piperidine rings is 1. The van der Waals surface area contributed by atoms with Crippen LogP contribution in [-0.2, 0) is 9.84 Å². The van der Waals surface area contributed by atoms with E-state index in [1.54, 1.807) is 12.1 Å². The first-order valence-electron chi connectivity index (χ1n) is 8.44. The van der Waals surface area contributed by atoms with Crippen LogP contribution in [-0.4, -0.2) is 45.8 Å². The molecule has 0 saturated carbocycles. The summed E-state index contributed by atoms with van der Waals surface area (Å²) in [5.74, 6) is 0.728. The highest BCUT2D eigenvalue weighted by molar-refractivity contribution is 7.90. The van der Waals surface area contributed by atoms with E-state index in [-0.39, 0.29) is 0 Å². The van der Waals surface area contributed by atoms with Crippen molar-refractivity contribution in [1.29, 1.82) is 0 Å². The molecular weight excluding hydrogens is 308 g/mol. The zero-order valence-corrected chi connectivity index (χ0v) is 15.6. The number of sulfone groups is 1. The third kappa shape index (κ3) is 5.50. The Kier molecular flexibility index (Phi) is 5.74. The van der Waals surface area contributed by atoms with Crippen LogP contribution in [0.15, 0.2) is 29.2 Å². The molecule has 0 bridgehead atoms. The van der Waals surface area contributed by atoms with Gasteiger partial charge in [-0.1, -0.05) is 20.8 Å². The van der Waals surface area contributed by atoms with Gasteiger partial charge < -0.3 is 10.2 Å². The molecule has 4 nitrogen and oxygen atoms in total. The van der Waals surface area contributed by atoms with Crippen molar-refractivity contribution in [1.82, 2.24) is 4.90 Å². The van der Waals surface area contributed by atoms with Crippen LogP contribution >= 0.6 is 0 Å². The minimum absolute atomic E-state index is 0.309. The molecule has 0 unspecified atom stereocenters. The van der Waals surface area contributed by atoms with E-state index in [0.717, 1.165) is 18.2 Å². The number of nitrogens with one attached hydrogen (secondary N) is 1. The Morgan fingerprint density at radius 3 is 2.22 bits per heavy atom. The fourth-order valence-electron chi connectivity index (χ4n) is 3.10. The Balaban J connectivity index is 1.86. The Morgan fingerprint density at radius 1 is 1.17 bits per heavy atom. The van der Waals surface area contributed by atoms with E-state index >= 15 is 0 Å². The molecule has 1 aliphatic heterocycles. The SMILES string of the molecule is CC(C)CN1CCC(C)(CNc2ccc(S(C)(=O)=O)cc2)CC1. The van der Waals surface area contributed by atoms with E-state index in [4.69, 9.17) is 0 Å². The Labute approximate surface area is 141 Å². The second-order valence-electron chi connectivity index (χ2n) is 7.66. The molecule has 0 aromatic heterocycles. The van der Waals surface area contributed by atoms with E-state index in [2.05, 4.69) is 31.0 Å². The van der Waals surface area contributed by atoms with Gasteiger partial charge in [0.05, 0.1) is 4.90 Å². The molecule has 0 atom stereocenters. The number of likely N-dealkylation sites (tertiary alicyclic amines) is 1. The molecule has 0 aliphatic carbocycles. The van der Waals surface area contributed by atoms with Crippen LogP contribution in [0.5, 0.6) is 0 Å². The first-order valence-corrected chi connectivity index (χ1v) is 10.3. The number of nitrogens with zero attached hydrogens (tertiary/aromatic N) is 1. The summed E-state index contributed by atoms with van der Waals surface area (Å²) < 4.78 is 23.0. The average Bonchev–Trinajstić information content (AvgIpc) is 2.47. The Hall–Kier alpha value is -1.07. The van der Waals surface area contributed by atoms with Crippen molar-refractivity contribution in [3.63, 3.8) is 0 Å². The maximum Gasteiger partial charge on any atom is 0.175 e. The first-order chi connectivity index (χ1) is 10.7. The van der Waals surface area contributed by atoms with Crippen LogP contribution in [0.2, 0.25) is 0 Å². The lowest BCUT2D eigenvalue weighted by Crippen LogP contribution is -2.43. The molecule has 1 N–H and O–H groups in total. The highest BCUT2D eigenvalue weighted by atomic mass is 32.2. The minimum Gasteiger partial charge on any atom is -0.384 e. The van der Waals surface area contributed by atoms with Crippen molar-refractivity contribution in [2.75, 3.05) is 37.8 Å². The van der Waals surface area contributed by atoms with Crippen molar-refractivity contribution in [2.45, 2.75) is 38.5 Å². The third-order valence-corrected chi connectivity index (χ3v) is 5.82. The molecule has 23 heavy (non-hydrogen) atoms. The highest BCUT2D eigenvalue weighted by Crippen LogP contribution is 2.31. The van der Waals surface area contributed by atoms with Gasteiger partial charge in [-0.15, -0.1) is 0 Å². The van der Waals surface area contributed by atoms with Crippen molar-refractivity contribution in [3.8, 4) is 0 Å². The van der Waals surface area contributed by atoms with Gasteiger partial charge >= 0.3 is 0 Å². The lowest BCUT2D eigenvalue weighted by atomic mass is 9.80. The van der Waals surface area contributed by atoms with E-state index in [1.165, 1.54) is 38.7 Å². The van der Waals surface area contributed by atoms with Crippen LogP contribution in [0.3, 0.4) is 0 Å². The van der Waals surface area contributed by atoms with E-state index < -0.39 is 9.84 Å². The number of benzene rings is 1. The summed E-state index contributed by atoms with van der Waals surface area (Å²) in [7, 11) is -3.12. The van der Waals surface area contributed by atoms with Crippen molar-refractivity contribution < 1.29 is 8.42 Å². The summed E-state index contributed by atoms with van der Waals surface area (Å²) >= 11 is 0. The third-order valence-electron chi connectivity index (χ3n) is 4.69. The summed E-state index contributed by atoms with van der Waals surface area (Å²) in [5, 5.41) is 3.48. The van der Waals surface area contributed by atoms with Gasteiger partial charge in [-0.05, 0) is 61.5 Å². The standard InChI is InChI=1S/C18H30N2O2S/c1-15(2)13-20-11-9-18(3,10-12-20)14-19-16-5-7-17(8-6-16)23(4,21)22/h5-8,15,19H,9-14H2,1-4H3. The number of hydrogen-bond donors (Lipinski definition) is 1. The zero-order valence-electron chi connectivity index (χ0n) is 14.8. The molecular formula is C18H30N2O2S. The summed E-state index contributed by atoms with van der Waals surface area (Å²) in [6.45, 7) is 11.4. The monoisotopic (exact) mass is 338 g/mol. The largest absolute Gasteiger partial charge is 0.384 e. The fraction of sp³-hybridized carbons (Fsp3) is 0.667. The summed E-state index contributed by atoms with van der Waals surface area (Å²) in [6, 6.07) is 7.05. The van der Waals surface area contributed by atoms with Crippen molar-refractivity contribution in [2.24, 2.45) is 11.3 Å². The van der Waals surface area contributed by atoms with Gasteiger partial charge in [-0.3, -0.25) is 0 Å². The molecule has 1 saturated heterocycles. The summed E-state index contributed by atoms with van der Waals surface area (Å²) in [4.78, 5) is 2.93. The van der Waals surface area contributed by atoms with Crippen LogP contribution in [0, 0.1) is 11.3 Å². The maximum absolute atomic E-state index is 11.5. The van der Waals surface area contributed by atoms with Crippen LogP contribution < -0.4 is 5.32 Å². The summed E-state index contributed by atoms with van der Waals surface area (Å²) in [6.07, 6.45) is 3.64. The number of hydrogen-bond acceptors (Lipinski definition) is 4. The average molecular weight is 339 g/mol. The smallest absolute Gasteiger partial charge is 0.175 e. The molecule has 5 heteroatoms. The first kappa shape index (κ1) is 18.3. The highest BCUT2D eigenvalue weighted by Gasteiger charge is 2.29. The molecule has 0 spiro atoms. The molecule has 1 heterocycles.